The number of hydrogen-bond acceptors (Lipinski definition) is 3. The van der Waals surface area contributed by atoms with Crippen LogP contribution >= 0.6 is 0 Å². The fourth-order valence-corrected chi connectivity index (χ4v) is 1.52. The first-order chi connectivity index (χ1) is 8.69. The van der Waals surface area contributed by atoms with E-state index in [1.165, 1.54) is 12.3 Å². The molecule has 6 heteroatoms. The Morgan fingerprint density at radius 1 is 1.50 bits per heavy atom. The van der Waals surface area contributed by atoms with E-state index in [-0.39, 0.29) is 11.5 Å². The predicted octanol–water partition coefficient (Wildman–Crippen LogP) is 2.15. The number of halogens is 1. The van der Waals surface area contributed by atoms with Gasteiger partial charge in [0.2, 0.25) is 5.95 Å². The Labute approximate surface area is 103 Å². The summed E-state index contributed by atoms with van der Waals surface area (Å²) in [6.45, 7) is 2.06. The number of aryl methyl sites for hydroxylation is 1. The lowest BCUT2D eigenvalue weighted by molar-refractivity contribution is 0.102. The minimum absolute atomic E-state index is 0.288. The molecule has 0 saturated carbocycles. The SMILES string of the molecule is CCCc1cc(NC(=O)c2ccc(F)nc2)n[nH]1. The molecule has 0 aliphatic rings. The second-order valence-electron chi connectivity index (χ2n) is 3.85. The van der Waals surface area contributed by atoms with E-state index in [1.54, 1.807) is 6.07 Å². The van der Waals surface area contributed by atoms with Crippen LogP contribution in [0.2, 0.25) is 0 Å². The van der Waals surface area contributed by atoms with Crippen molar-refractivity contribution < 1.29 is 9.18 Å². The summed E-state index contributed by atoms with van der Waals surface area (Å²) in [5.41, 5.74) is 1.25. The molecule has 2 rings (SSSR count). The van der Waals surface area contributed by atoms with Gasteiger partial charge < -0.3 is 5.32 Å². The Kier molecular flexibility index (Phi) is 3.66. The minimum atomic E-state index is -0.614. The van der Waals surface area contributed by atoms with E-state index in [0.717, 1.165) is 24.6 Å². The Balaban J connectivity index is 2.04. The molecule has 0 aromatic carbocycles. The Morgan fingerprint density at radius 3 is 3.00 bits per heavy atom. The maximum Gasteiger partial charge on any atom is 0.258 e. The molecule has 0 saturated heterocycles. The number of aromatic nitrogens is 3. The molecule has 2 aromatic heterocycles. The lowest BCUT2D eigenvalue weighted by atomic mass is 10.2. The molecule has 0 spiro atoms. The van der Waals surface area contributed by atoms with Gasteiger partial charge in [-0.1, -0.05) is 13.3 Å². The summed E-state index contributed by atoms with van der Waals surface area (Å²) in [5, 5.41) is 9.41. The van der Waals surface area contributed by atoms with Crippen molar-refractivity contribution in [3.63, 3.8) is 0 Å². The highest BCUT2D eigenvalue weighted by Gasteiger charge is 2.08. The Hall–Kier alpha value is -2.24. The molecule has 0 bridgehead atoms. The summed E-state index contributed by atoms with van der Waals surface area (Å²) in [6.07, 6.45) is 3.06. The normalized spacial score (nSPS) is 10.3. The molecule has 2 N–H and O–H groups in total. The van der Waals surface area contributed by atoms with E-state index in [1.807, 2.05) is 0 Å². The number of hydrogen-bond donors (Lipinski definition) is 2. The number of anilines is 1. The van der Waals surface area contributed by atoms with E-state index >= 15 is 0 Å². The number of amides is 1. The van der Waals surface area contributed by atoms with Gasteiger partial charge in [-0.15, -0.1) is 0 Å². The summed E-state index contributed by atoms with van der Waals surface area (Å²) in [5.74, 6) is -0.527. The van der Waals surface area contributed by atoms with Gasteiger partial charge in [-0.25, -0.2) is 4.98 Å². The average Bonchev–Trinajstić information content (AvgIpc) is 2.78. The highest BCUT2D eigenvalue weighted by atomic mass is 19.1. The molecule has 94 valence electrons. The van der Waals surface area contributed by atoms with Crippen molar-refractivity contribution in [2.45, 2.75) is 19.8 Å². The molecule has 0 unspecified atom stereocenters. The smallest absolute Gasteiger partial charge is 0.258 e. The molecule has 5 nitrogen and oxygen atoms in total. The van der Waals surface area contributed by atoms with Crippen LogP contribution in [0.4, 0.5) is 10.2 Å². The highest BCUT2D eigenvalue weighted by Crippen LogP contribution is 2.09. The number of carbonyl (C=O) groups excluding carboxylic acids is 1. The summed E-state index contributed by atoms with van der Waals surface area (Å²) in [6, 6.07) is 4.29. The van der Waals surface area contributed by atoms with Crippen molar-refractivity contribution in [1.29, 1.82) is 0 Å². The first-order valence-corrected chi connectivity index (χ1v) is 5.66. The van der Waals surface area contributed by atoms with Gasteiger partial charge in [0.1, 0.15) is 0 Å². The fourth-order valence-electron chi connectivity index (χ4n) is 1.52. The maximum atomic E-state index is 12.6. The second kappa shape index (κ2) is 5.39. The van der Waals surface area contributed by atoms with Gasteiger partial charge >= 0.3 is 0 Å². The van der Waals surface area contributed by atoms with Crippen molar-refractivity contribution in [1.82, 2.24) is 15.2 Å². The van der Waals surface area contributed by atoms with Crippen LogP contribution in [0, 0.1) is 5.95 Å². The lowest BCUT2D eigenvalue weighted by Gasteiger charge is -2.00. The van der Waals surface area contributed by atoms with E-state index < -0.39 is 5.95 Å². The first-order valence-electron chi connectivity index (χ1n) is 5.66. The standard InChI is InChI=1S/C12H13FN4O/c1-2-3-9-6-11(17-16-9)15-12(18)8-4-5-10(13)14-7-8/h4-7H,2-3H2,1H3,(H2,15,16,17,18). The van der Waals surface area contributed by atoms with Crippen LogP contribution in [0.15, 0.2) is 24.4 Å². The minimum Gasteiger partial charge on any atom is -0.305 e. The average molecular weight is 248 g/mol. The third kappa shape index (κ3) is 2.91. The van der Waals surface area contributed by atoms with Gasteiger partial charge in [0.25, 0.3) is 5.91 Å². The van der Waals surface area contributed by atoms with Crippen LogP contribution in [0.3, 0.4) is 0 Å². The van der Waals surface area contributed by atoms with Gasteiger partial charge in [-0.3, -0.25) is 9.89 Å². The second-order valence-corrected chi connectivity index (χ2v) is 3.85. The summed E-state index contributed by atoms with van der Waals surface area (Å²) < 4.78 is 12.6. The number of aromatic amines is 1. The van der Waals surface area contributed by atoms with Crippen molar-refractivity contribution in [3.05, 3.63) is 41.6 Å². The highest BCUT2D eigenvalue weighted by molar-refractivity contribution is 6.03. The molecule has 2 aromatic rings. The molecule has 0 radical (unpaired) electrons. The Bertz CT molecular complexity index is 535. The third-order valence-corrected chi connectivity index (χ3v) is 2.38. The van der Waals surface area contributed by atoms with E-state index in [4.69, 9.17) is 0 Å². The molecule has 2 heterocycles. The maximum absolute atomic E-state index is 12.6. The number of H-pyrrole nitrogens is 1. The van der Waals surface area contributed by atoms with Crippen molar-refractivity contribution >= 4 is 11.7 Å². The monoisotopic (exact) mass is 248 g/mol. The van der Waals surface area contributed by atoms with Crippen molar-refractivity contribution in [2.75, 3.05) is 5.32 Å². The summed E-state index contributed by atoms with van der Waals surface area (Å²) in [7, 11) is 0. The number of pyridine rings is 1. The lowest BCUT2D eigenvalue weighted by Crippen LogP contribution is -2.12. The Morgan fingerprint density at radius 2 is 2.33 bits per heavy atom. The zero-order valence-electron chi connectivity index (χ0n) is 9.90. The molecule has 0 fully saturated rings. The van der Waals surface area contributed by atoms with Gasteiger partial charge in [-0.05, 0) is 18.6 Å². The van der Waals surface area contributed by atoms with E-state index in [9.17, 15) is 9.18 Å². The number of carbonyl (C=O) groups is 1. The largest absolute Gasteiger partial charge is 0.305 e. The first kappa shape index (κ1) is 12.2. The van der Waals surface area contributed by atoms with Crippen LogP contribution in [0.1, 0.15) is 29.4 Å². The van der Waals surface area contributed by atoms with Crippen LogP contribution in [-0.4, -0.2) is 21.1 Å². The van der Waals surface area contributed by atoms with Crippen LogP contribution in [0.5, 0.6) is 0 Å². The summed E-state index contributed by atoms with van der Waals surface area (Å²) >= 11 is 0. The van der Waals surface area contributed by atoms with E-state index in [2.05, 4.69) is 27.4 Å². The van der Waals surface area contributed by atoms with Crippen LogP contribution in [0.25, 0.3) is 0 Å². The van der Waals surface area contributed by atoms with Gasteiger partial charge in [0, 0.05) is 18.0 Å². The van der Waals surface area contributed by atoms with E-state index in [0.29, 0.717) is 5.82 Å². The van der Waals surface area contributed by atoms with Crippen LogP contribution in [-0.2, 0) is 6.42 Å². The zero-order chi connectivity index (χ0) is 13.0. The number of nitrogens with one attached hydrogen (secondary N) is 2. The molecular weight excluding hydrogens is 235 g/mol. The van der Waals surface area contributed by atoms with Gasteiger partial charge in [-0.2, -0.15) is 9.49 Å². The van der Waals surface area contributed by atoms with Gasteiger partial charge in [0.15, 0.2) is 5.82 Å². The number of nitrogens with zero attached hydrogens (tertiary/aromatic N) is 2. The van der Waals surface area contributed by atoms with Crippen molar-refractivity contribution in [3.8, 4) is 0 Å². The molecule has 1 amide bonds. The zero-order valence-corrected chi connectivity index (χ0v) is 9.90. The topological polar surface area (TPSA) is 70.7 Å². The predicted molar refractivity (Wildman–Crippen MR) is 64.7 cm³/mol. The molecule has 18 heavy (non-hydrogen) atoms. The van der Waals surface area contributed by atoms with Gasteiger partial charge in [0.05, 0.1) is 5.56 Å². The molecule has 0 aliphatic heterocycles. The fraction of sp³-hybridized carbons (Fsp3) is 0.250. The quantitative estimate of drug-likeness (QED) is 0.814. The molecule has 0 aliphatic carbocycles. The molecular formula is C12H13FN4O. The number of rotatable bonds is 4. The third-order valence-electron chi connectivity index (χ3n) is 2.38. The molecule has 0 atom stereocenters. The van der Waals surface area contributed by atoms with Crippen LogP contribution < -0.4 is 5.32 Å². The van der Waals surface area contributed by atoms with Crippen molar-refractivity contribution in [2.24, 2.45) is 0 Å². The summed E-state index contributed by atoms with van der Waals surface area (Å²) in [4.78, 5) is 15.2.